The van der Waals surface area contributed by atoms with Crippen LogP contribution in [0.15, 0.2) is 23.0 Å². The highest BCUT2D eigenvalue weighted by molar-refractivity contribution is 5.49. The van der Waals surface area contributed by atoms with Crippen molar-refractivity contribution in [2.24, 2.45) is 0 Å². The Bertz CT molecular complexity index is 749. The molecule has 3 rings (SSSR count). The molecule has 0 amide bonds. The summed E-state index contributed by atoms with van der Waals surface area (Å²) in [5.74, 6) is 1.96. The molecule has 2 aromatic rings. The molecule has 1 aromatic heterocycles. The number of aryl methyl sites for hydroxylation is 3. The quantitative estimate of drug-likeness (QED) is 0.900. The molecule has 0 atom stereocenters. The van der Waals surface area contributed by atoms with E-state index in [0.29, 0.717) is 5.92 Å². The molecule has 0 unspecified atom stereocenters. The van der Waals surface area contributed by atoms with Gasteiger partial charge in [-0.15, -0.1) is 0 Å². The average Bonchev–Trinajstić information content (AvgIpc) is 3.22. The summed E-state index contributed by atoms with van der Waals surface area (Å²) in [6.07, 6.45) is 3.01. The first-order valence-corrected chi connectivity index (χ1v) is 8.01. The molecule has 0 spiro atoms. The second-order valence-corrected chi connectivity index (χ2v) is 6.35. The summed E-state index contributed by atoms with van der Waals surface area (Å²) < 4.78 is 6.24. The van der Waals surface area contributed by atoms with Gasteiger partial charge in [0.1, 0.15) is 11.5 Å². The van der Waals surface area contributed by atoms with E-state index in [0.717, 1.165) is 47.6 Å². The van der Waals surface area contributed by atoms with E-state index in [1.807, 2.05) is 19.1 Å². The number of ether oxygens (including phenoxy) is 1. The zero-order valence-corrected chi connectivity index (χ0v) is 13.7. The SMILES string of the molecule is CCc1c(C)[nH]c(=O)c(C2CC2)c1Oc1cc(C)cc(C)c1. The van der Waals surface area contributed by atoms with Crippen molar-refractivity contribution < 1.29 is 4.74 Å². The molecule has 116 valence electrons. The van der Waals surface area contributed by atoms with Crippen LogP contribution < -0.4 is 10.3 Å². The van der Waals surface area contributed by atoms with E-state index in [9.17, 15) is 4.79 Å². The predicted octanol–water partition coefficient (Wildman–Crippen LogP) is 4.53. The van der Waals surface area contributed by atoms with Crippen molar-refractivity contribution in [2.75, 3.05) is 0 Å². The van der Waals surface area contributed by atoms with Crippen LogP contribution in [-0.4, -0.2) is 4.98 Å². The minimum atomic E-state index is 0.0107. The van der Waals surface area contributed by atoms with Crippen molar-refractivity contribution >= 4 is 0 Å². The smallest absolute Gasteiger partial charge is 0.255 e. The maximum absolute atomic E-state index is 12.4. The fraction of sp³-hybridized carbons (Fsp3) is 0.421. The summed E-state index contributed by atoms with van der Waals surface area (Å²) in [5.41, 5.74) is 5.21. The molecule has 0 bridgehead atoms. The topological polar surface area (TPSA) is 42.1 Å². The summed E-state index contributed by atoms with van der Waals surface area (Å²) in [6, 6.07) is 6.18. The summed E-state index contributed by atoms with van der Waals surface area (Å²) >= 11 is 0. The van der Waals surface area contributed by atoms with Crippen LogP contribution in [0.25, 0.3) is 0 Å². The third kappa shape index (κ3) is 2.80. The van der Waals surface area contributed by atoms with Gasteiger partial charge in [-0.05, 0) is 69.2 Å². The monoisotopic (exact) mass is 297 g/mol. The molecule has 1 aliphatic rings. The van der Waals surface area contributed by atoms with Gasteiger partial charge in [0.05, 0.1) is 5.56 Å². The lowest BCUT2D eigenvalue weighted by Crippen LogP contribution is -2.17. The van der Waals surface area contributed by atoms with E-state index < -0.39 is 0 Å². The Kier molecular flexibility index (Phi) is 3.81. The third-order valence-electron chi connectivity index (χ3n) is 4.27. The van der Waals surface area contributed by atoms with Gasteiger partial charge in [0, 0.05) is 11.3 Å². The zero-order chi connectivity index (χ0) is 15.9. The molecule has 3 nitrogen and oxygen atoms in total. The van der Waals surface area contributed by atoms with Gasteiger partial charge >= 0.3 is 0 Å². The summed E-state index contributed by atoms with van der Waals surface area (Å²) in [6.45, 7) is 8.17. The van der Waals surface area contributed by atoms with E-state index >= 15 is 0 Å². The Morgan fingerprint density at radius 2 is 1.77 bits per heavy atom. The fourth-order valence-electron chi connectivity index (χ4n) is 3.14. The van der Waals surface area contributed by atoms with Crippen molar-refractivity contribution in [2.45, 2.75) is 52.9 Å². The molecule has 1 fully saturated rings. The summed E-state index contributed by atoms with van der Waals surface area (Å²) in [7, 11) is 0. The van der Waals surface area contributed by atoms with Crippen LogP contribution in [0.2, 0.25) is 0 Å². The highest BCUT2D eigenvalue weighted by atomic mass is 16.5. The Hall–Kier alpha value is -2.03. The van der Waals surface area contributed by atoms with Crippen LogP contribution >= 0.6 is 0 Å². The van der Waals surface area contributed by atoms with Crippen LogP contribution in [-0.2, 0) is 6.42 Å². The Morgan fingerprint density at radius 3 is 2.32 bits per heavy atom. The van der Waals surface area contributed by atoms with Gasteiger partial charge in [0.2, 0.25) is 0 Å². The molecule has 0 aliphatic heterocycles. The van der Waals surface area contributed by atoms with Crippen LogP contribution in [0.1, 0.15) is 53.6 Å². The third-order valence-corrected chi connectivity index (χ3v) is 4.27. The van der Waals surface area contributed by atoms with E-state index in [2.05, 4.69) is 31.8 Å². The van der Waals surface area contributed by atoms with Gasteiger partial charge in [0.15, 0.2) is 0 Å². The van der Waals surface area contributed by atoms with Crippen LogP contribution in [0.5, 0.6) is 11.5 Å². The summed E-state index contributed by atoms with van der Waals surface area (Å²) in [4.78, 5) is 15.4. The van der Waals surface area contributed by atoms with Gasteiger partial charge in [-0.1, -0.05) is 13.0 Å². The number of pyridine rings is 1. The Balaban J connectivity index is 2.13. The number of H-pyrrole nitrogens is 1. The minimum Gasteiger partial charge on any atom is -0.456 e. The van der Waals surface area contributed by atoms with E-state index in [4.69, 9.17) is 4.74 Å². The van der Waals surface area contributed by atoms with Crippen LogP contribution in [0, 0.1) is 20.8 Å². The van der Waals surface area contributed by atoms with Crippen LogP contribution in [0.4, 0.5) is 0 Å². The van der Waals surface area contributed by atoms with E-state index in [1.165, 1.54) is 11.1 Å². The molecule has 0 saturated heterocycles. The van der Waals surface area contributed by atoms with E-state index in [1.54, 1.807) is 0 Å². The average molecular weight is 297 g/mol. The molecule has 1 aliphatic carbocycles. The molecule has 1 heterocycles. The first-order valence-electron chi connectivity index (χ1n) is 8.01. The first-order chi connectivity index (χ1) is 10.5. The van der Waals surface area contributed by atoms with E-state index in [-0.39, 0.29) is 5.56 Å². The maximum atomic E-state index is 12.4. The highest BCUT2D eigenvalue weighted by Gasteiger charge is 2.32. The lowest BCUT2D eigenvalue weighted by molar-refractivity contribution is 0.466. The normalized spacial score (nSPS) is 14.2. The van der Waals surface area contributed by atoms with Gasteiger partial charge in [-0.2, -0.15) is 0 Å². The predicted molar refractivity (Wildman–Crippen MR) is 89.1 cm³/mol. The molecule has 3 heteroatoms. The summed E-state index contributed by atoms with van der Waals surface area (Å²) in [5, 5.41) is 0. The van der Waals surface area contributed by atoms with Crippen molar-refractivity contribution in [1.29, 1.82) is 0 Å². The molecule has 1 N–H and O–H groups in total. The zero-order valence-electron chi connectivity index (χ0n) is 13.7. The largest absolute Gasteiger partial charge is 0.456 e. The number of hydrogen-bond acceptors (Lipinski definition) is 2. The molecular formula is C19H23NO2. The molecular weight excluding hydrogens is 274 g/mol. The van der Waals surface area contributed by atoms with Crippen molar-refractivity contribution in [3.05, 3.63) is 56.5 Å². The minimum absolute atomic E-state index is 0.0107. The van der Waals surface area contributed by atoms with Gasteiger partial charge < -0.3 is 9.72 Å². The molecule has 1 saturated carbocycles. The van der Waals surface area contributed by atoms with Gasteiger partial charge in [-0.3, -0.25) is 4.79 Å². The number of rotatable bonds is 4. The number of aromatic nitrogens is 1. The Morgan fingerprint density at radius 1 is 1.14 bits per heavy atom. The van der Waals surface area contributed by atoms with Gasteiger partial charge in [0.25, 0.3) is 5.56 Å². The molecule has 1 aromatic carbocycles. The second-order valence-electron chi connectivity index (χ2n) is 6.35. The van der Waals surface area contributed by atoms with Crippen molar-refractivity contribution in [3.8, 4) is 11.5 Å². The molecule has 0 radical (unpaired) electrons. The standard InChI is InChI=1S/C19H23NO2/c1-5-16-13(4)20-19(21)17(14-6-7-14)18(16)22-15-9-11(2)8-12(3)10-15/h8-10,14H,5-7H2,1-4H3,(H,20,21). The number of hydrogen-bond donors (Lipinski definition) is 1. The highest BCUT2D eigenvalue weighted by Crippen LogP contribution is 2.45. The lowest BCUT2D eigenvalue weighted by Gasteiger charge is -2.17. The number of benzene rings is 1. The van der Waals surface area contributed by atoms with Crippen LogP contribution in [0.3, 0.4) is 0 Å². The van der Waals surface area contributed by atoms with Crippen molar-refractivity contribution in [1.82, 2.24) is 4.98 Å². The fourth-order valence-corrected chi connectivity index (χ4v) is 3.14. The number of nitrogens with one attached hydrogen (secondary N) is 1. The maximum Gasteiger partial charge on any atom is 0.255 e. The number of aromatic amines is 1. The van der Waals surface area contributed by atoms with Gasteiger partial charge in [-0.25, -0.2) is 0 Å². The van der Waals surface area contributed by atoms with Crippen molar-refractivity contribution in [3.63, 3.8) is 0 Å². The molecule has 22 heavy (non-hydrogen) atoms. The first kappa shape index (κ1) is 14.9. The Labute approximate surface area is 131 Å². The lowest BCUT2D eigenvalue weighted by atomic mass is 10.0. The second kappa shape index (κ2) is 5.64.